The van der Waals surface area contributed by atoms with Gasteiger partial charge in [-0.15, -0.1) is 0 Å². The van der Waals surface area contributed by atoms with Gasteiger partial charge in [0.15, 0.2) is 0 Å². The van der Waals surface area contributed by atoms with Crippen LogP contribution in [0.2, 0.25) is 10.0 Å². The number of rotatable bonds is 5. The lowest BCUT2D eigenvalue weighted by Crippen LogP contribution is -2.34. The molecule has 0 aliphatic carbocycles. The molecule has 0 radical (unpaired) electrons. The lowest BCUT2D eigenvalue weighted by Gasteiger charge is -2.22. The van der Waals surface area contributed by atoms with Gasteiger partial charge >= 0.3 is 0 Å². The number of amides is 1. The van der Waals surface area contributed by atoms with Crippen LogP contribution in [0.5, 0.6) is 0 Å². The number of carbonyl (C=O) groups excluding carboxylic acids is 1. The zero-order valence-electron chi connectivity index (χ0n) is 11.8. The Bertz CT molecular complexity index is 612. The van der Waals surface area contributed by atoms with E-state index in [4.69, 9.17) is 27.6 Å². The number of carbonyl (C=O) groups is 1. The first-order valence-corrected chi connectivity index (χ1v) is 7.17. The largest absolute Gasteiger partial charge is 0.468 e. The van der Waals surface area contributed by atoms with Crippen LogP contribution in [-0.2, 0) is 0 Å². The molecule has 6 heteroatoms. The van der Waals surface area contributed by atoms with Crippen molar-refractivity contribution >= 4 is 29.1 Å². The Kier molecular flexibility index (Phi) is 5.28. The Morgan fingerprint density at radius 2 is 2.10 bits per heavy atom. The second-order valence-electron chi connectivity index (χ2n) is 4.83. The third-order valence-corrected chi connectivity index (χ3v) is 3.67. The van der Waals surface area contributed by atoms with E-state index in [9.17, 15) is 4.79 Å². The number of hydrogen-bond acceptors (Lipinski definition) is 3. The standard InChI is InChI=1S/C15H16Cl2N2O2/c1-19(2)13(14-4-3-7-21-14)9-18-15(20)11-6-5-10(16)8-12(11)17/h3-8,13H,9H2,1-2H3,(H,18,20)/t13-/m1/s1. The molecule has 4 nitrogen and oxygen atoms in total. The Labute approximate surface area is 133 Å². The summed E-state index contributed by atoms with van der Waals surface area (Å²) in [6.07, 6.45) is 1.61. The van der Waals surface area contributed by atoms with E-state index in [1.165, 1.54) is 0 Å². The smallest absolute Gasteiger partial charge is 0.252 e. The topological polar surface area (TPSA) is 45.5 Å². The van der Waals surface area contributed by atoms with Crippen LogP contribution in [0.25, 0.3) is 0 Å². The molecule has 2 aromatic rings. The van der Waals surface area contributed by atoms with Crippen molar-refractivity contribution in [2.75, 3.05) is 20.6 Å². The zero-order valence-corrected chi connectivity index (χ0v) is 13.3. The van der Waals surface area contributed by atoms with E-state index in [2.05, 4.69) is 5.32 Å². The van der Waals surface area contributed by atoms with E-state index in [0.29, 0.717) is 22.2 Å². The molecule has 112 valence electrons. The third kappa shape index (κ3) is 4.00. The summed E-state index contributed by atoms with van der Waals surface area (Å²) in [5.41, 5.74) is 0.401. The minimum absolute atomic E-state index is 0.0463. The highest BCUT2D eigenvalue weighted by Gasteiger charge is 2.19. The average Bonchev–Trinajstić information content (AvgIpc) is 2.92. The van der Waals surface area contributed by atoms with E-state index in [-0.39, 0.29) is 11.9 Å². The summed E-state index contributed by atoms with van der Waals surface area (Å²) in [5, 5.41) is 3.69. The summed E-state index contributed by atoms with van der Waals surface area (Å²) in [7, 11) is 3.85. The van der Waals surface area contributed by atoms with E-state index >= 15 is 0 Å². The molecule has 0 saturated carbocycles. The van der Waals surface area contributed by atoms with Crippen molar-refractivity contribution in [3.8, 4) is 0 Å². The van der Waals surface area contributed by atoms with E-state index in [1.54, 1.807) is 24.5 Å². The van der Waals surface area contributed by atoms with Crippen molar-refractivity contribution in [3.05, 3.63) is 58.0 Å². The molecule has 1 atom stereocenters. The molecule has 1 aromatic carbocycles. The molecule has 0 saturated heterocycles. The third-order valence-electron chi connectivity index (χ3n) is 3.13. The second kappa shape index (κ2) is 6.98. The molecule has 1 aromatic heterocycles. The summed E-state index contributed by atoms with van der Waals surface area (Å²) in [6, 6.07) is 8.45. The van der Waals surface area contributed by atoms with Crippen molar-refractivity contribution in [2.24, 2.45) is 0 Å². The van der Waals surface area contributed by atoms with Crippen molar-refractivity contribution in [3.63, 3.8) is 0 Å². The SMILES string of the molecule is CN(C)[C@H](CNC(=O)c1ccc(Cl)cc1Cl)c1ccco1. The van der Waals surface area contributed by atoms with E-state index in [1.807, 2.05) is 31.1 Å². The molecule has 0 spiro atoms. The molecular formula is C15H16Cl2N2O2. The van der Waals surface area contributed by atoms with Gasteiger partial charge in [-0.25, -0.2) is 0 Å². The molecule has 21 heavy (non-hydrogen) atoms. The van der Waals surface area contributed by atoms with Crippen LogP contribution < -0.4 is 5.32 Å². The Hall–Kier alpha value is -1.49. The summed E-state index contributed by atoms with van der Waals surface area (Å²) in [4.78, 5) is 14.2. The van der Waals surface area contributed by atoms with Gasteiger partial charge in [-0.05, 0) is 44.4 Å². The Morgan fingerprint density at radius 3 is 2.67 bits per heavy atom. The van der Waals surface area contributed by atoms with Crippen LogP contribution in [0.1, 0.15) is 22.2 Å². The molecule has 0 bridgehead atoms. The van der Waals surface area contributed by atoms with Gasteiger partial charge in [0.2, 0.25) is 0 Å². The molecule has 0 aliphatic heterocycles. The molecule has 0 unspecified atom stereocenters. The number of benzene rings is 1. The first kappa shape index (κ1) is 15.9. The summed E-state index contributed by atoms with van der Waals surface area (Å²) >= 11 is 11.9. The molecular weight excluding hydrogens is 311 g/mol. The number of hydrogen-bond donors (Lipinski definition) is 1. The fourth-order valence-corrected chi connectivity index (χ4v) is 2.47. The van der Waals surface area contributed by atoms with E-state index < -0.39 is 0 Å². The van der Waals surface area contributed by atoms with Crippen molar-refractivity contribution in [2.45, 2.75) is 6.04 Å². The van der Waals surface area contributed by atoms with E-state index in [0.717, 1.165) is 5.76 Å². The Morgan fingerprint density at radius 1 is 1.33 bits per heavy atom. The maximum absolute atomic E-state index is 12.2. The number of likely N-dealkylation sites (N-methyl/N-ethyl adjacent to an activating group) is 1. The Balaban J connectivity index is 2.05. The number of nitrogens with zero attached hydrogens (tertiary/aromatic N) is 1. The maximum Gasteiger partial charge on any atom is 0.252 e. The van der Waals surface area contributed by atoms with Gasteiger partial charge in [0, 0.05) is 11.6 Å². The average molecular weight is 327 g/mol. The number of furan rings is 1. The first-order chi connectivity index (χ1) is 9.99. The predicted molar refractivity (Wildman–Crippen MR) is 83.9 cm³/mol. The number of halogens is 2. The summed E-state index contributed by atoms with van der Waals surface area (Å²) < 4.78 is 5.40. The van der Waals surface area contributed by atoms with Gasteiger partial charge in [0.05, 0.1) is 22.9 Å². The second-order valence-corrected chi connectivity index (χ2v) is 5.67. The predicted octanol–water partition coefficient (Wildman–Crippen LogP) is 3.62. The summed E-state index contributed by atoms with van der Waals surface area (Å²) in [6.45, 7) is 0.415. The van der Waals surface area contributed by atoms with Crippen LogP contribution in [0.3, 0.4) is 0 Å². The van der Waals surface area contributed by atoms with Crippen LogP contribution in [-0.4, -0.2) is 31.4 Å². The van der Waals surface area contributed by atoms with Gasteiger partial charge in [-0.2, -0.15) is 0 Å². The fraction of sp³-hybridized carbons (Fsp3) is 0.267. The normalized spacial score (nSPS) is 12.4. The van der Waals surface area contributed by atoms with Crippen LogP contribution in [0, 0.1) is 0 Å². The lowest BCUT2D eigenvalue weighted by molar-refractivity contribution is 0.0939. The van der Waals surface area contributed by atoms with Crippen LogP contribution in [0.4, 0.5) is 0 Å². The highest BCUT2D eigenvalue weighted by atomic mass is 35.5. The monoisotopic (exact) mass is 326 g/mol. The fourth-order valence-electron chi connectivity index (χ4n) is 1.98. The highest BCUT2D eigenvalue weighted by Crippen LogP contribution is 2.22. The van der Waals surface area contributed by atoms with Gasteiger partial charge in [0.1, 0.15) is 5.76 Å². The molecule has 0 fully saturated rings. The number of nitrogens with one attached hydrogen (secondary N) is 1. The molecule has 1 N–H and O–H groups in total. The molecule has 0 aliphatic rings. The molecule has 2 rings (SSSR count). The highest BCUT2D eigenvalue weighted by molar-refractivity contribution is 6.36. The molecule has 1 amide bonds. The lowest BCUT2D eigenvalue weighted by atomic mass is 10.1. The van der Waals surface area contributed by atoms with Gasteiger partial charge in [-0.1, -0.05) is 23.2 Å². The van der Waals surface area contributed by atoms with Crippen molar-refractivity contribution < 1.29 is 9.21 Å². The van der Waals surface area contributed by atoms with Crippen molar-refractivity contribution in [1.82, 2.24) is 10.2 Å². The van der Waals surface area contributed by atoms with Gasteiger partial charge in [0.25, 0.3) is 5.91 Å². The quantitative estimate of drug-likeness (QED) is 0.912. The summed E-state index contributed by atoms with van der Waals surface area (Å²) in [5.74, 6) is 0.553. The van der Waals surface area contributed by atoms with Gasteiger partial charge < -0.3 is 9.73 Å². The van der Waals surface area contributed by atoms with Crippen LogP contribution >= 0.6 is 23.2 Å². The van der Waals surface area contributed by atoms with Crippen molar-refractivity contribution in [1.29, 1.82) is 0 Å². The minimum Gasteiger partial charge on any atom is -0.468 e. The zero-order chi connectivity index (χ0) is 15.4. The van der Waals surface area contributed by atoms with Crippen LogP contribution in [0.15, 0.2) is 41.0 Å². The first-order valence-electron chi connectivity index (χ1n) is 6.42. The maximum atomic E-state index is 12.2. The minimum atomic E-state index is -0.241. The molecule has 1 heterocycles. The van der Waals surface area contributed by atoms with Gasteiger partial charge in [-0.3, -0.25) is 9.69 Å².